The molecule has 28 heavy (non-hydrogen) atoms. The smallest absolute Gasteiger partial charge is 0.309 e. The predicted molar refractivity (Wildman–Crippen MR) is 106 cm³/mol. The Morgan fingerprint density at radius 3 is 2.11 bits per heavy atom. The minimum absolute atomic E-state index is 0.150. The third-order valence-corrected chi connectivity index (χ3v) is 4.63. The Morgan fingerprint density at radius 2 is 1.50 bits per heavy atom. The van der Waals surface area contributed by atoms with Crippen LogP contribution < -0.4 is 4.90 Å². The molecule has 142 valence electrons. The second kappa shape index (κ2) is 7.92. The van der Waals surface area contributed by atoms with Crippen LogP contribution in [-0.4, -0.2) is 34.4 Å². The molecule has 3 aromatic rings. The maximum absolute atomic E-state index is 12.7. The van der Waals surface area contributed by atoms with Crippen LogP contribution in [0.1, 0.15) is 32.1 Å². The molecular weight excluding hydrogens is 356 g/mol. The average Bonchev–Trinajstić information content (AvgIpc) is 3.06. The predicted octanol–water partition coefficient (Wildman–Crippen LogP) is 3.16. The lowest BCUT2D eigenvalue weighted by Crippen LogP contribution is -2.26. The second-order valence-electron chi connectivity index (χ2n) is 6.45. The highest BCUT2D eigenvalue weighted by molar-refractivity contribution is 6.10. The first-order chi connectivity index (χ1) is 13.4. The summed E-state index contributed by atoms with van der Waals surface area (Å²) in [4.78, 5) is 37.8. The number of nitrogens with zero attached hydrogens (tertiary/aromatic N) is 2. The number of ketones is 1. The van der Waals surface area contributed by atoms with Crippen molar-refractivity contribution in [1.29, 1.82) is 0 Å². The van der Waals surface area contributed by atoms with Gasteiger partial charge in [-0.05, 0) is 36.4 Å². The molecule has 1 N–H and O–H groups in total. The normalized spacial score (nSPS) is 10.5. The highest BCUT2D eigenvalue weighted by Gasteiger charge is 2.18. The van der Waals surface area contributed by atoms with E-state index in [4.69, 9.17) is 5.11 Å². The van der Waals surface area contributed by atoms with Crippen LogP contribution >= 0.6 is 0 Å². The number of amides is 1. The third kappa shape index (κ3) is 3.86. The molecule has 0 fully saturated rings. The lowest BCUT2D eigenvalue weighted by atomic mass is 10.1. The number of carboxylic acids is 1. The second-order valence-corrected chi connectivity index (χ2v) is 6.45. The highest BCUT2D eigenvalue weighted by atomic mass is 16.4. The van der Waals surface area contributed by atoms with Gasteiger partial charge in [0.05, 0.1) is 12.1 Å². The van der Waals surface area contributed by atoms with Crippen LogP contribution in [0.25, 0.3) is 0 Å². The topological polar surface area (TPSA) is 79.6 Å². The van der Waals surface area contributed by atoms with Crippen molar-refractivity contribution in [3.63, 3.8) is 0 Å². The van der Waals surface area contributed by atoms with Gasteiger partial charge in [-0.3, -0.25) is 14.4 Å². The number of aliphatic carboxylic acids is 1. The Hall–Kier alpha value is -3.67. The molecule has 0 aliphatic carbocycles. The van der Waals surface area contributed by atoms with E-state index in [0.717, 1.165) is 5.69 Å². The average molecular weight is 376 g/mol. The summed E-state index contributed by atoms with van der Waals surface area (Å²) in [5, 5.41) is 8.93. The number of aromatic nitrogens is 1. The molecule has 6 heteroatoms. The Labute approximate surface area is 162 Å². The van der Waals surface area contributed by atoms with Gasteiger partial charge in [-0.25, -0.2) is 0 Å². The summed E-state index contributed by atoms with van der Waals surface area (Å²) in [7, 11) is 3.36. The Balaban J connectivity index is 1.79. The van der Waals surface area contributed by atoms with Crippen molar-refractivity contribution in [2.45, 2.75) is 6.42 Å². The summed E-state index contributed by atoms with van der Waals surface area (Å²) in [5.41, 5.74) is 2.63. The fourth-order valence-electron chi connectivity index (χ4n) is 2.99. The molecule has 2 aromatic carbocycles. The molecule has 1 aromatic heterocycles. The summed E-state index contributed by atoms with van der Waals surface area (Å²) in [5.74, 6) is -1.35. The molecule has 1 heterocycles. The molecule has 0 aliphatic rings. The minimum Gasteiger partial charge on any atom is -0.481 e. The Morgan fingerprint density at radius 1 is 0.893 bits per heavy atom. The fraction of sp³-hybridized carbons (Fsp3) is 0.136. The van der Waals surface area contributed by atoms with E-state index in [2.05, 4.69) is 0 Å². The van der Waals surface area contributed by atoms with Crippen molar-refractivity contribution in [3.8, 4) is 0 Å². The lowest BCUT2D eigenvalue weighted by molar-refractivity contribution is -0.136. The van der Waals surface area contributed by atoms with E-state index < -0.39 is 5.97 Å². The monoisotopic (exact) mass is 376 g/mol. The summed E-state index contributed by atoms with van der Waals surface area (Å²) < 4.78 is 1.58. The van der Waals surface area contributed by atoms with Crippen LogP contribution in [0, 0.1) is 0 Å². The maximum atomic E-state index is 12.7. The van der Waals surface area contributed by atoms with Gasteiger partial charge in [-0.15, -0.1) is 0 Å². The molecule has 0 aliphatic heterocycles. The molecule has 0 bridgehead atoms. The standard InChI is InChI=1S/C22H20N2O4/c1-23-18(14-20(25)26)12-13-19(23)21(27)15-8-10-16(11-9-15)22(28)24(2)17-6-4-3-5-7-17/h3-13H,14H2,1-2H3,(H,25,26). The van der Waals surface area contributed by atoms with E-state index in [0.29, 0.717) is 22.5 Å². The number of hydrogen-bond acceptors (Lipinski definition) is 3. The third-order valence-electron chi connectivity index (χ3n) is 4.63. The quantitative estimate of drug-likeness (QED) is 0.670. The number of carboxylic acid groups (broad SMARTS) is 1. The minimum atomic E-state index is -0.953. The molecule has 0 unspecified atom stereocenters. The van der Waals surface area contributed by atoms with Gasteiger partial charge in [0.25, 0.3) is 5.91 Å². The van der Waals surface area contributed by atoms with E-state index in [9.17, 15) is 14.4 Å². The van der Waals surface area contributed by atoms with Crippen LogP contribution in [0.5, 0.6) is 0 Å². The highest BCUT2D eigenvalue weighted by Crippen LogP contribution is 2.18. The summed E-state index contributed by atoms with van der Waals surface area (Å²) in [6, 6.07) is 19.0. The zero-order valence-electron chi connectivity index (χ0n) is 15.6. The largest absolute Gasteiger partial charge is 0.481 e. The molecule has 3 rings (SSSR count). The zero-order chi connectivity index (χ0) is 20.3. The molecule has 0 saturated carbocycles. The van der Waals surface area contributed by atoms with Gasteiger partial charge >= 0.3 is 5.97 Å². The van der Waals surface area contributed by atoms with Crippen molar-refractivity contribution in [1.82, 2.24) is 4.57 Å². The first-order valence-electron chi connectivity index (χ1n) is 8.72. The van der Waals surface area contributed by atoms with Gasteiger partial charge in [-0.1, -0.05) is 30.3 Å². The van der Waals surface area contributed by atoms with Crippen molar-refractivity contribution in [3.05, 3.63) is 89.2 Å². The maximum Gasteiger partial charge on any atom is 0.309 e. The number of benzene rings is 2. The summed E-state index contributed by atoms with van der Waals surface area (Å²) in [6.07, 6.45) is -0.150. The van der Waals surface area contributed by atoms with Gasteiger partial charge < -0.3 is 14.6 Å². The molecule has 0 radical (unpaired) electrons. The van der Waals surface area contributed by atoms with Crippen molar-refractivity contribution >= 4 is 23.3 Å². The number of anilines is 1. The van der Waals surface area contributed by atoms with E-state index in [1.165, 1.54) is 0 Å². The van der Waals surface area contributed by atoms with E-state index in [1.807, 2.05) is 30.3 Å². The summed E-state index contributed by atoms with van der Waals surface area (Å²) in [6.45, 7) is 0. The number of carbonyl (C=O) groups is 3. The van der Waals surface area contributed by atoms with E-state index in [-0.39, 0.29) is 18.1 Å². The number of carbonyl (C=O) groups excluding carboxylic acids is 2. The lowest BCUT2D eigenvalue weighted by Gasteiger charge is -2.17. The first kappa shape index (κ1) is 19.1. The van der Waals surface area contributed by atoms with Crippen molar-refractivity contribution in [2.24, 2.45) is 7.05 Å². The summed E-state index contributed by atoms with van der Waals surface area (Å²) >= 11 is 0. The van der Waals surface area contributed by atoms with Gasteiger partial charge in [0.2, 0.25) is 5.78 Å². The molecule has 6 nitrogen and oxygen atoms in total. The molecule has 0 atom stereocenters. The number of rotatable bonds is 6. The Bertz CT molecular complexity index is 1020. The van der Waals surface area contributed by atoms with Gasteiger partial charge in [-0.2, -0.15) is 0 Å². The van der Waals surface area contributed by atoms with E-state index in [1.54, 1.807) is 60.0 Å². The van der Waals surface area contributed by atoms with Gasteiger partial charge in [0.1, 0.15) is 0 Å². The molecular formula is C22H20N2O4. The van der Waals surface area contributed by atoms with E-state index >= 15 is 0 Å². The van der Waals surface area contributed by atoms with Crippen LogP contribution in [0.15, 0.2) is 66.7 Å². The van der Waals surface area contributed by atoms with Crippen LogP contribution in [0.4, 0.5) is 5.69 Å². The number of para-hydroxylation sites is 1. The van der Waals surface area contributed by atoms with Crippen LogP contribution in [-0.2, 0) is 18.3 Å². The van der Waals surface area contributed by atoms with Crippen LogP contribution in [0.2, 0.25) is 0 Å². The zero-order valence-corrected chi connectivity index (χ0v) is 15.6. The van der Waals surface area contributed by atoms with Crippen LogP contribution in [0.3, 0.4) is 0 Å². The van der Waals surface area contributed by atoms with Gasteiger partial charge in [0, 0.05) is 36.6 Å². The van der Waals surface area contributed by atoms with Crippen molar-refractivity contribution in [2.75, 3.05) is 11.9 Å². The molecule has 0 spiro atoms. The SMILES string of the molecule is CN(C(=O)c1ccc(C(=O)c2ccc(CC(=O)O)n2C)cc1)c1ccccc1. The molecule has 1 amide bonds. The van der Waals surface area contributed by atoms with Crippen molar-refractivity contribution < 1.29 is 19.5 Å². The molecule has 0 saturated heterocycles. The van der Waals surface area contributed by atoms with Gasteiger partial charge in [0.15, 0.2) is 0 Å². The fourth-order valence-corrected chi connectivity index (χ4v) is 2.99. The number of hydrogen-bond donors (Lipinski definition) is 1. The first-order valence-corrected chi connectivity index (χ1v) is 8.72. The Kier molecular flexibility index (Phi) is 5.40.